The molecule has 2 aromatic carbocycles. The molecule has 2 saturated heterocycles. The predicted octanol–water partition coefficient (Wildman–Crippen LogP) is -1.45. The van der Waals surface area contributed by atoms with Crippen molar-refractivity contribution in [1.29, 1.82) is 0 Å². The van der Waals surface area contributed by atoms with Crippen LogP contribution in [-0.2, 0) is 28.5 Å². The summed E-state index contributed by atoms with van der Waals surface area (Å²) in [5, 5.41) is 81.4. The minimum Gasteiger partial charge on any atom is -0.507 e. The molecule has 0 saturated carbocycles. The van der Waals surface area contributed by atoms with E-state index in [-0.39, 0.29) is 34.0 Å². The minimum atomic E-state index is -2.12. The van der Waals surface area contributed by atoms with Crippen LogP contribution in [0.4, 0.5) is 0 Å². The van der Waals surface area contributed by atoms with Gasteiger partial charge >= 0.3 is 11.9 Å². The van der Waals surface area contributed by atoms with E-state index < -0.39 is 98.1 Å². The molecule has 0 bridgehead atoms. The Morgan fingerprint density at radius 3 is 2.44 bits per heavy atom. The first kappa shape index (κ1) is 34.8. The average molecular weight is 681 g/mol. The molecule has 3 aromatic rings. The van der Waals surface area contributed by atoms with Crippen LogP contribution in [0.5, 0.6) is 23.0 Å². The van der Waals surface area contributed by atoms with E-state index in [9.17, 15) is 50.1 Å². The number of benzene rings is 2. The number of phenols is 2. The number of aromatic hydroxyl groups is 2. The van der Waals surface area contributed by atoms with Crippen LogP contribution in [0.15, 0.2) is 45.6 Å². The number of esters is 1. The molecule has 48 heavy (non-hydrogen) atoms. The maximum Gasteiger partial charge on any atom is 0.317 e. The van der Waals surface area contributed by atoms with Crippen LogP contribution < -0.4 is 14.9 Å². The van der Waals surface area contributed by atoms with Gasteiger partial charge in [-0.2, -0.15) is 0 Å². The first-order valence-corrected chi connectivity index (χ1v) is 14.3. The van der Waals surface area contributed by atoms with Crippen molar-refractivity contribution >= 4 is 22.9 Å². The summed E-state index contributed by atoms with van der Waals surface area (Å²) in [6, 6.07) is 7.48. The molecule has 0 spiro atoms. The molecule has 2 aliphatic rings. The fourth-order valence-electron chi connectivity index (χ4n) is 5.12. The summed E-state index contributed by atoms with van der Waals surface area (Å²) in [6.45, 7) is -2.23. The summed E-state index contributed by atoms with van der Waals surface area (Å²) < 4.78 is 38.3. The van der Waals surface area contributed by atoms with Crippen LogP contribution in [0.25, 0.3) is 22.3 Å². The van der Waals surface area contributed by atoms with Crippen molar-refractivity contribution in [1.82, 2.24) is 0 Å². The SMILES string of the molecule is COc1cc(-c2cc(=O)c3c(O)cc(OC4OC(COC(=O)CC(=O)O)C(O)C(O)C4OC4OCC(O)(CO)C4O)cc3o2)ccc1O. The van der Waals surface area contributed by atoms with Gasteiger partial charge in [-0.1, -0.05) is 0 Å². The van der Waals surface area contributed by atoms with Gasteiger partial charge in [0.15, 0.2) is 29.3 Å². The van der Waals surface area contributed by atoms with E-state index in [4.69, 9.17) is 37.9 Å². The summed E-state index contributed by atoms with van der Waals surface area (Å²) in [5.74, 6) is -3.55. The smallest absolute Gasteiger partial charge is 0.317 e. The number of rotatable bonds is 11. The Labute approximate surface area is 269 Å². The van der Waals surface area contributed by atoms with Crippen molar-refractivity contribution in [3.63, 3.8) is 0 Å². The van der Waals surface area contributed by atoms with Gasteiger partial charge in [-0.3, -0.25) is 14.4 Å². The first-order chi connectivity index (χ1) is 22.7. The van der Waals surface area contributed by atoms with E-state index in [0.717, 1.165) is 12.1 Å². The number of aliphatic carboxylic acids is 1. The summed E-state index contributed by atoms with van der Waals surface area (Å²) in [4.78, 5) is 35.6. The molecule has 2 aliphatic heterocycles. The lowest BCUT2D eigenvalue weighted by Crippen LogP contribution is -2.62. The number of carbonyl (C=O) groups is 2. The molecule has 18 nitrogen and oxygen atoms in total. The fraction of sp³-hybridized carbons (Fsp3) is 0.433. The van der Waals surface area contributed by atoms with Crippen LogP contribution >= 0.6 is 0 Å². The molecule has 1 aromatic heterocycles. The van der Waals surface area contributed by atoms with E-state index in [2.05, 4.69) is 0 Å². The van der Waals surface area contributed by atoms with E-state index in [1.165, 1.54) is 31.4 Å². The zero-order chi connectivity index (χ0) is 34.9. The molecular weight excluding hydrogens is 648 g/mol. The van der Waals surface area contributed by atoms with Crippen molar-refractivity contribution in [2.45, 2.75) is 55.1 Å². The third-order valence-electron chi connectivity index (χ3n) is 7.72. The number of aliphatic hydroxyl groups excluding tert-OH is 4. The largest absolute Gasteiger partial charge is 0.507 e. The second kappa shape index (κ2) is 13.9. The molecular formula is C30H32O18. The maximum absolute atomic E-state index is 13.0. The summed E-state index contributed by atoms with van der Waals surface area (Å²) >= 11 is 0. The second-order valence-electron chi connectivity index (χ2n) is 11.1. The number of phenolic OH excluding ortho intramolecular Hbond substituents is 2. The molecule has 0 radical (unpaired) electrons. The Morgan fingerprint density at radius 1 is 1.02 bits per heavy atom. The van der Waals surface area contributed by atoms with Crippen molar-refractivity contribution < 1.29 is 83.3 Å². The van der Waals surface area contributed by atoms with Gasteiger partial charge in [0.25, 0.3) is 0 Å². The molecule has 8 atom stereocenters. The van der Waals surface area contributed by atoms with Gasteiger partial charge in [-0.05, 0) is 18.2 Å². The molecule has 8 unspecified atom stereocenters. The van der Waals surface area contributed by atoms with Crippen LogP contribution in [0.1, 0.15) is 6.42 Å². The number of fused-ring (bicyclic) bond motifs is 1. The van der Waals surface area contributed by atoms with Gasteiger partial charge in [-0.15, -0.1) is 0 Å². The Morgan fingerprint density at radius 2 is 1.77 bits per heavy atom. The number of carboxylic acid groups (broad SMARTS) is 1. The van der Waals surface area contributed by atoms with E-state index in [0.29, 0.717) is 5.56 Å². The lowest BCUT2D eigenvalue weighted by Gasteiger charge is -2.42. The molecule has 18 heteroatoms. The number of hydrogen-bond donors (Lipinski definition) is 8. The number of carboxylic acids is 1. The number of methoxy groups -OCH3 is 1. The highest BCUT2D eigenvalue weighted by atomic mass is 16.8. The molecule has 2 fully saturated rings. The molecule has 0 amide bonds. The molecule has 0 aliphatic carbocycles. The first-order valence-electron chi connectivity index (χ1n) is 14.3. The quantitative estimate of drug-likeness (QED) is 0.0849. The Kier molecular flexibility index (Phi) is 10.1. The molecule has 3 heterocycles. The van der Waals surface area contributed by atoms with Gasteiger partial charge in [0.05, 0.1) is 20.3 Å². The number of carbonyl (C=O) groups excluding carboxylic acids is 1. The number of aliphatic hydroxyl groups is 5. The highest BCUT2D eigenvalue weighted by Crippen LogP contribution is 2.37. The lowest BCUT2D eigenvalue weighted by atomic mass is 9.98. The van der Waals surface area contributed by atoms with Crippen LogP contribution in [0, 0.1) is 0 Å². The van der Waals surface area contributed by atoms with Crippen LogP contribution in [0.2, 0.25) is 0 Å². The lowest BCUT2D eigenvalue weighted by molar-refractivity contribution is -0.319. The van der Waals surface area contributed by atoms with Gasteiger partial charge in [0.2, 0.25) is 6.29 Å². The normalized spacial score (nSPS) is 28.7. The monoisotopic (exact) mass is 680 g/mol. The minimum absolute atomic E-state index is 0.0167. The third-order valence-corrected chi connectivity index (χ3v) is 7.72. The zero-order valence-corrected chi connectivity index (χ0v) is 25.0. The Bertz CT molecular complexity index is 1720. The van der Waals surface area contributed by atoms with Gasteiger partial charge in [0, 0.05) is 23.8 Å². The highest BCUT2D eigenvalue weighted by Gasteiger charge is 2.53. The summed E-state index contributed by atoms with van der Waals surface area (Å²) in [5.41, 5.74) is -2.63. The van der Waals surface area contributed by atoms with Crippen molar-refractivity contribution in [3.8, 4) is 34.3 Å². The van der Waals surface area contributed by atoms with Gasteiger partial charge in [0.1, 0.15) is 71.3 Å². The summed E-state index contributed by atoms with van der Waals surface area (Å²) in [6.07, 6.45) is -13.3. The van der Waals surface area contributed by atoms with Gasteiger partial charge < -0.3 is 73.7 Å². The van der Waals surface area contributed by atoms with Gasteiger partial charge in [-0.25, -0.2) is 0 Å². The van der Waals surface area contributed by atoms with E-state index in [1.807, 2.05) is 0 Å². The number of ether oxygens (including phenoxy) is 6. The predicted molar refractivity (Wildman–Crippen MR) is 155 cm³/mol. The van der Waals surface area contributed by atoms with Crippen LogP contribution in [-0.4, -0.2) is 128 Å². The highest BCUT2D eigenvalue weighted by molar-refractivity contribution is 5.90. The third kappa shape index (κ3) is 7.00. The zero-order valence-electron chi connectivity index (χ0n) is 25.0. The second-order valence-corrected chi connectivity index (χ2v) is 11.1. The molecule has 5 rings (SSSR count). The van der Waals surface area contributed by atoms with E-state index >= 15 is 0 Å². The fourth-order valence-corrected chi connectivity index (χ4v) is 5.12. The van der Waals surface area contributed by atoms with Crippen molar-refractivity contribution in [2.24, 2.45) is 0 Å². The Hall–Kier alpha value is -4.53. The molecule has 8 N–H and O–H groups in total. The van der Waals surface area contributed by atoms with Crippen molar-refractivity contribution in [2.75, 3.05) is 26.9 Å². The average Bonchev–Trinajstić information content (AvgIpc) is 3.32. The number of hydrogen-bond acceptors (Lipinski definition) is 17. The Balaban J connectivity index is 1.47. The summed E-state index contributed by atoms with van der Waals surface area (Å²) in [7, 11) is 1.33. The van der Waals surface area contributed by atoms with E-state index in [1.54, 1.807) is 0 Å². The maximum atomic E-state index is 13.0. The van der Waals surface area contributed by atoms with Crippen LogP contribution in [0.3, 0.4) is 0 Å². The molecule has 260 valence electrons. The topological polar surface area (TPSA) is 282 Å². The van der Waals surface area contributed by atoms with Crippen molar-refractivity contribution in [3.05, 3.63) is 46.6 Å². The standard InChI is InChI=1S/C30H32O18/c1-42-18-4-12(2-3-14(18)32)17-7-16(34)23-15(33)5-13(6-19(23)46-17)45-28-26(48-29-27(40)30(41,10-31)11-44-29)25(39)24(38)20(47-28)9-43-22(37)8-21(35)36/h2-7,20,24-29,31-33,38-41H,8-11H2,1H3,(H,35,36).